The standard InChI is InChI=1S/C20H23FN6O5/c1-10-25-26-17(32-10)16(30)24-19(2,3)20(9-11-5-7-12(21)8-6-11)23-13(15(22)29)14(28)18(31)27(20)4/h5-8,23,28H,9H2,1-4H3,(H2,22,29)(H,24,30). The summed E-state index contributed by atoms with van der Waals surface area (Å²) in [6.07, 6.45) is -0.00424. The highest BCUT2D eigenvalue weighted by atomic mass is 19.1. The Morgan fingerprint density at radius 2 is 1.94 bits per heavy atom. The molecule has 1 atom stereocenters. The van der Waals surface area contributed by atoms with Crippen LogP contribution in [0.3, 0.4) is 0 Å². The summed E-state index contributed by atoms with van der Waals surface area (Å²) >= 11 is 0. The second-order valence-corrected chi connectivity index (χ2v) is 7.95. The summed E-state index contributed by atoms with van der Waals surface area (Å²) < 4.78 is 18.6. The van der Waals surface area contributed by atoms with Crippen molar-refractivity contribution in [1.29, 1.82) is 0 Å². The van der Waals surface area contributed by atoms with Gasteiger partial charge in [-0.3, -0.25) is 14.4 Å². The minimum Gasteiger partial charge on any atom is -0.501 e. The van der Waals surface area contributed by atoms with Gasteiger partial charge in [-0.15, -0.1) is 10.2 Å². The number of likely N-dealkylation sites (N-methyl/N-ethyl adjacent to an activating group) is 1. The fourth-order valence-corrected chi connectivity index (χ4v) is 3.65. The first kappa shape index (κ1) is 22.7. The van der Waals surface area contributed by atoms with Crippen molar-refractivity contribution in [3.05, 3.63) is 58.9 Å². The van der Waals surface area contributed by atoms with E-state index in [0.717, 1.165) is 4.90 Å². The van der Waals surface area contributed by atoms with Crippen molar-refractivity contribution in [2.45, 2.75) is 38.4 Å². The van der Waals surface area contributed by atoms with Crippen LogP contribution in [-0.4, -0.2) is 56.2 Å². The van der Waals surface area contributed by atoms with Gasteiger partial charge >= 0.3 is 11.8 Å². The van der Waals surface area contributed by atoms with Gasteiger partial charge in [0.25, 0.3) is 11.8 Å². The van der Waals surface area contributed by atoms with E-state index >= 15 is 0 Å². The van der Waals surface area contributed by atoms with Crippen LogP contribution in [0.5, 0.6) is 0 Å². The SMILES string of the molecule is Cc1nnc(C(=O)NC(C)(C)C2(Cc3ccc(F)cc3)NC(C(N)=O)=C(O)C(=O)N2C)o1. The zero-order valence-corrected chi connectivity index (χ0v) is 17.9. The van der Waals surface area contributed by atoms with Gasteiger partial charge in [0.05, 0.1) is 5.54 Å². The summed E-state index contributed by atoms with van der Waals surface area (Å²) in [6.45, 7) is 4.71. The molecule has 170 valence electrons. The average molecular weight is 446 g/mol. The van der Waals surface area contributed by atoms with Crippen molar-refractivity contribution in [3.63, 3.8) is 0 Å². The predicted octanol–water partition coefficient (Wildman–Crippen LogP) is 0.281. The highest BCUT2D eigenvalue weighted by Crippen LogP contribution is 2.35. The van der Waals surface area contributed by atoms with Crippen LogP contribution in [0.4, 0.5) is 4.39 Å². The van der Waals surface area contributed by atoms with Crippen LogP contribution in [0.15, 0.2) is 40.1 Å². The summed E-state index contributed by atoms with van der Waals surface area (Å²) in [7, 11) is 1.39. The fourth-order valence-electron chi connectivity index (χ4n) is 3.65. The third-order valence-electron chi connectivity index (χ3n) is 5.45. The fraction of sp³-hybridized carbons (Fsp3) is 0.350. The molecule has 5 N–H and O–H groups in total. The summed E-state index contributed by atoms with van der Waals surface area (Å²) in [5, 5.41) is 23.1. The molecule has 0 saturated carbocycles. The molecule has 1 aromatic heterocycles. The summed E-state index contributed by atoms with van der Waals surface area (Å²) in [4.78, 5) is 38.8. The normalized spacial score (nSPS) is 19.0. The molecule has 12 heteroatoms. The zero-order chi connectivity index (χ0) is 23.8. The maximum absolute atomic E-state index is 13.5. The highest BCUT2D eigenvalue weighted by molar-refractivity contribution is 6.04. The Morgan fingerprint density at radius 1 is 1.31 bits per heavy atom. The number of amides is 3. The molecule has 1 aliphatic heterocycles. The van der Waals surface area contributed by atoms with Crippen LogP contribution in [0.2, 0.25) is 0 Å². The Hall–Kier alpha value is -3.96. The van der Waals surface area contributed by atoms with Gasteiger partial charge in [-0.1, -0.05) is 12.1 Å². The Balaban J connectivity index is 2.11. The van der Waals surface area contributed by atoms with Crippen LogP contribution < -0.4 is 16.4 Å². The Kier molecular flexibility index (Phi) is 5.64. The van der Waals surface area contributed by atoms with Gasteiger partial charge in [0.1, 0.15) is 17.2 Å². The molecule has 1 unspecified atom stereocenters. The molecule has 0 bridgehead atoms. The number of hydrogen-bond donors (Lipinski definition) is 4. The smallest absolute Gasteiger partial charge is 0.309 e. The Morgan fingerprint density at radius 3 is 2.47 bits per heavy atom. The molecule has 32 heavy (non-hydrogen) atoms. The molecule has 0 aliphatic carbocycles. The number of aliphatic hydroxyl groups excluding tert-OH is 1. The lowest BCUT2D eigenvalue weighted by molar-refractivity contribution is -0.143. The van der Waals surface area contributed by atoms with Crippen LogP contribution in [0.1, 0.15) is 36.0 Å². The van der Waals surface area contributed by atoms with E-state index in [2.05, 4.69) is 20.8 Å². The molecule has 0 saturated heterocycles. The first-order valence-corrected chi connectivity index (χ1v) is 9.54. The van der Waals surface area contributed by atoms with E-state index in [1.165, 1.54) is 38.2 Å². The molecule has 2 aromatic rings. The Bertz CT molecular complexity index is 1110. The molecule has 11 nitrogen and oxygen atoms in total. The number of benzene rings is 1. The molecule has 2 heterocycles. The third-order valence-corrected chi connectivity index (χ3v) is 5.45. The van der Waals surface area contributed by atoms with Crippen molar-refractivity contribution in [2.24, 2.45) is 5.73 Å². The molecular weight excluding hydrogens is 423 g/mol. The van der Waals surface area contributed by atoms with E-state index < -0.39 is 46.2 Å². The number of halogens is 1. The highest BCUT2D eigenvalue weighted by Gasteiger charge is 2.55. The van der Waals surface area contributed by atoms with E-state index in [0.29, 0.717) is 5.56 Å². The number of aromatic nitrogens is 2. The largest absolute Gasteiger partial charge is 0.501 e. The van der Waals surface area contributed by atoms with Crippen molar-refractivity contribution in [3.8, 4) is 0 Å². The van der Waals surface area contributed by atoms with Crippen LogP contribution >= 0.6 is 0 Å². The lowest BCUT2D eigenvalue weighted by Gasteiger charge is -2.54. The van der Waals surface area contributed by atoms with Gasteiger partial charge in [-0.25, -0.2) is 4.39 Å². The zero-order valence-electron chi connectivity index (χ0n) is 17.9. The number of primary amides is 1. The van der Waals surface area contributed by atoms with Gasteiger partial charge in [-0.2, -0.15) is 0 Å². The number of carbonyl (C=O) groups is 3. The number of rotatable bonds is 6. The van der Waals surface area contributed by atoms with Crippen LogP contribution in [-0.2, 0) is 16.0 Å². The van der Waals surface area contributed by atoms with Gasteiger partial charge in [0.15, 0.2) is 0 Å². The summed E-state index contributed by atoms with van der Waals surface area (Å²) in [5.41, 5.74) is 2.59. The molecule has 1 aromatic carbocycles. The summed E-state index contributed by atoms with van der Waals surface area (Å²) in [6, 6.07) is 5.47. The number of carbonyl (C=O) groups excluding carboxylic acids is 3. The monoisotopic (exact) mass is 446 g/mol. The lowest BCUT2D eigenvalue weighted by Crippen LogP contribution is -2.78. The van der Waals surface area contributed by atoms with Crippen molar-refractivity contribution in [2.75, 3.05) is 7.05 Å². The quantitative estimate of drug-likeness (QED) is 0.491. The number of nitrogens with one attached hydrogen (secondary N) is 2. The minimum absolute atomic E-state index is 0.00424. The molecule has 1 aliphatic rings. The lowest BCUT2D eigenvalue weighted by atomic mass is 9.79. The van der Waals surface area contributed by atoms with Crippen molar-refractivity contribution >= 4 is 17.7 Å². The van der Waals surface area contributed by atoms with E-state index in [-0.39, 0.29) is 18.2 Å². The van der Waals surface area contributed by atoms with E-state index in [9.17, 15) is 23.9 Å². The number of nitrogens with two attached hydrogens (primary N) is 1. The Labute approximate surface area is 182 Å². The van der Waals surface area contributed by atoms with Gasteiger partial charge in [0, 0.05) is 20.4 Å². The number of aliphatic hydroxyl groups is 1. The second kappa shape index (κ2) is 7.94. The van der Waals surface area contributed by atoms with Crippen LogP contribution in [0, 0.1) is 12.7 Å². The molecule has 3 rings (SSSR count). The number of hydrogen-bond acceptors (Lipinski definition) is 8. The first-order valence-electron chi connectivity index (χ1n) is 9.54. The third kappa shape index (κ3) is 3.86. The first-order chi connectivity index (χ1) is 14.9. The maximum Gasteiger partial charge on any atom is 0.309 e. The molecule has 0 spiro atoms. The number of aryl methyl sites for hydroxylation is 1. The summed E-state index contributed by atoms with van der Waals surface area (Å²) in [5.74, 6) is -4.12. The van der Waals surface area contributed by atoms with Gasteiger partial charge in [-0.05, 0) is 31.5 Å². The van der Waals surface area contributed by atoms with E-state index in [1.54, 1.807) is 13.8 Å². The van der Waals surface area contributed by atoms with Crippen LogP contribution in [0.25, 0.3) is 0 Å². The molecular formula is C20H23FN6O5. The minimum atomic E-state index is -1.52. The molecule has 3 amide bonds. The van der Waals surface area contributed by atoms with Crippen molar-refractivity contribution in [1.82, 2.24) is 25.7 Å². The van der Waals surface area contributed by atoms with Gasteiger partial charge < -0.3 is 30.8 Å². The van der Waals surface area contributed by atoms with Crippen molar-refractivity contribution < 1.29 is 28.3 Å². The second-order valence-electron chi connectivity index (χ2n) is 7.95. The average Bonchev–Trinajstić information content (AvgIpc) is 3.16. The predicted molar refractivity (Wildman–Crippen MR) is 108 cm³/mol. The maximum atomic E-state index is 13.5. The van der Waals surface area contributed by atoms with E-state index in [4.69, 9.17) is 10.2 Å². The molecule has 0 fully saturated rings. The van der Waals surface area contributed by atoms with Gasteiger partial charge in [0.2, 0.25) is 11.6 Å². The van der Waals surface area contributed by atoms with E-state index in [1.807, 2.05) is 0 Å². The topological polar surface area (TPSA) is 164 Å². The molecule has 0 radical (unpaired) electrons. The number of nitrogens with zero attached hydrogens (tertiary/aromatic N) is 3.